The molecule has 0 spiro atoms. The average Bonchev–Trinajstić information content (AvgIpc) is 2.34. The second-order valence-corrected chi connectivity index (χ2v) is 5.26. The fourth-order valence-electron chi connectivity index (χ4n) is 2.73. The summed E-state index contributed by atoms with van der Waals surface area (Å²) in [4.78, 5) is 0. The molecule has 1 aromatic carbocycles. The number of piperidine rings is 1. The van der Waals surface area contributed by atoms with E-state index in [0.717, 1.165) is 19.6 Å². The number of rotatable bonds is 4. The maximum atomic E-state index is 5.42. The van der Waals surface area contributed by atoms with E-state index in [9.17, 15) is 0 Å². The SMILES string of the molecule is COCC1(Cc2ccc(C)cc2)CCCCN1. The fraction of sp³-hybridized carbons (Fsp3) is 0.600. The Morgan fingerprint density at radius 2 is 2.00 bits per heavy atom. The first-order valence-corrected chi connectivity index (χ1v) is 6.54. The van der Waals surface area contributed by atoms with Crippen LogP contribution in [0.3, 0.4) is 0 Å². The van der Waals surface area contributed by atoms with Gasteiger partial charge < -0.3 is 10.1 Å². The maximum absolute atomic E-state index is 5.42. The van der Waals surface area contributed by atoms with E-state index in [1.54, 1.807) is 7.11 Å². The van der Waals surface area contributed by atoms with Crippen LogP contribution in [0, 0.1) is 6.92 Å². The summed E-state index contributed by atoms with van der Waals surface area (Å²) in [6.45, 7) is 4.06. The van der Waals surface area contributed by atoms with Gasteiger partial charge in [0.1, 0.15) is 0 Å². The Hall–Kier alpha value is -0.860. The summed E-state index contributed by atoms with van der Waals surface area (Å²) in [6.07, 6.45) is 4.89. The van der Waals surface area contributed by atoms with Gasteiger partial charge in [0, 0.05) is 12.6 Å². The third-order valence-corrected chi connectivity index (χ3v) is 3.67. The van der Waals surface area contributed by atoms with Gasteiger partial charge in [0.25, 0.3) is 0 Å². The third kappa shape index (κ3) is 3.30. The lowest BCUT2D eigenvalue weighted by Gasteiger charge is -2.38. The quantitative estimate of drug-likeness (QED) is 0.863. The van der Waals surface area contributed by atoms with Crippen molar-refractivity contribution in [2.45, 2.75) is 38.1 Å². The van der Waals surface area contributed by atoms with Crippen molar-refractivity contribution in [1.29, 1.82) is 0 Å². The van der Waals surface area contributed by atoms with Gasteiger partial charge in [-0.15, -0.1) is 0 Å². The monoisotopic (exact) mass is 233 g/mol. The van der Waals surface area contributed by atoms with Gasteiger partial charge in [-0.25, -0.2) is 0 Å². The maximum Gasteiger partial charge on any atom is 0.0647 e. The van der Waals surface area contributed by atoms with Crippen LogP contribution >= 0.6 is 0 Å². The zero-order valence-corrected chi connectivity index (χ0v) is 11.0. The molecule has 1 atom stereocenters. The second kappa shape index (κ2) is 5.65. The molecule has 1 aliphatic rings. The molecular weight excluding hydrogens is 210 g/mol. The van der Waals surface area contributed by atoms with Gasteiger partial charge in [-0.1, -0.05) is 36.2 Å². The van der Waals surface area contributed by atoms with E-state index in [-0.39, 0.29) is 5.54 Å². The predicted molar refractivity (Wildman–Crippen MR) is 71.3 cm³/mol. The molecule has 1 aliphatic heterocycles. The molecule has 0 saturated carbocycles. The fourth-order valence-corrected chi connectivity index (χ4v) is 2.73. The zero-order chi connectivity index (χ0) is 12.1. The average molecular weight is 233 g/mol. The lowest BCUT2D eigenvalue weighted by atomic mass is 9.83. The van der Waals surface area contributed by atoms with Gasteiger partial charge >= 0.3 is 0 Å². The standard InChI is InChI=1S/C15H23NO/c1-13-5-7-14(8-6-13)11-15(12-17-2)9-3-4-10-16-15/h5-8,16H,3-4,9-12H2,1-2H3. The molecular formula is C15H23NO. The first-order valence-electron chi connectivity index (χ1n) is 6.54. The van der Waals surface area contributed by atoms with Gasteiger partial charge in [-0.05, 0) is 38.3 Å². The largest absolute Gasteiger partial charge is 0.383 e. The molecule has 1 fully saturated rings. The molecule has 1 aromatic rings. The second-order valence-electron chi connectivity index (χ2n) is 5.26. The zero-order valence-electron chi connectivity index (χ0n) is 11.0. The summed E-state index contributed by atoms with van der Waals surface area (Å²) >= 11 is 0. The van der Waals surface area contributed by atoms with Crippen molar-refractivity contribution in [2.75, 3.05) is 20.3 Å². The molecule has 2 heteroatoms. The van der Waals surface area contributed by atoms with E-state index in [0.29, 0.717) is 0 Å². The molecule has 1 heterocycles. The van der Waals surface area contributed by atoms with Crippen molar-refractivity contribution in [3.8, 4) is 0 Å². The minimum absolute atomic E-state index is 0.155. The number of nitrogens with one attached hydrogen (secondary N) is 1. The molecule has 0 radical (unpaired) electrons. The summed E-state index contributed by atoms with van der Waals surface area (Å²) in [5.74, 6) is 0. The number of methoxy groups -OCH3 is 1. The van der Waals surface area contributed by atoms with Gasteiger partial charge in [0.2, 0.25) is 0 Å². The molecule has 1 saturated heterocycles. The van der Waals surface area contributed by atoms with Crippen LogP contribution in [0.15, 0.2) is 24.3 Å². The van der Waals surface area contributed by atoms with Gasteiger partial charge in [-0.3, -0.25) is 0 Å². The van der Waals surface area contributed by atoms with Crippen molar-refractivity contribution in [2.24, 2.45) is 0 Å². The topological polar surface area (TPSA) is 21.3 Å². The lowest BCUT2D eigenvalue weighted by molar-refractivity contribution is 0.0894. The molecule has 0 amide bonds. The minimum Gasteiger partial charge on any atom is -0.383 e. The van der Waals surface area contributed by atoms with E-state index >= 15 is 0 Å². The first kappa shape index (κ1) is 12.6. The molecule has 0 bridgehead atoms. The van der Waals surface area contributed by atoms with Crippen molar-refractivity contribution >= 4 is 0 Å². The summed E-state index contributed by atoms with van der Waals surface area (Å²) in [5, 5.41) is 3.67. The highest BCUT2D eigenvalue weighted by atomic mass is 16.5. The minimum atomic E-state index is 0.155. The summed E-state index contributed by atoms with van der Waals surface area (Å²) < 4.78 is 5.42. The third-order valence-electron chi connectivity index (χ3n) is 3.67. The molecule has 94 valence electrons. The van der Waals surface area contributed by atoms with E-state index < -0.39 is 0 Å². The molecule has 0 aromatic heterocycles. The van der Waals surface area contributed by atoms with E-state index in [4.69, 9.17) is 4.74 Å². The number of benzene rings is 1. The highest BCUT2D eigenvalue weighted by Gasteiger charge is 2.31. The van der Waals surface area contributed by atoms with Crippen LogP contribution in [-0.2, 0) is 11.2 Å². The number of aryl methyl sites for hydroxylation is 1. The number of hydrogen-bond acceptors (Lipinski definition) is 2. The van der Waals surface area contributed by atoms with Gasteiger partial charge in [0.15, 0.2) is 0 Å². The molecule has 1 N–H and O–H groups in total. The van der Waals surface area contributed by atoms with E-state index in [1.807, 2.05) is 0 Å². The predicted octanol–water partition coefficient (Wildman–Crippen LogP) is 2.70. The van der Waals surface area contributed by atoms with Crippen LogP contribution in [0.2, 0.25) is 0 Å². The van der Waals surface area contributed by atoms with Crippen LogP contribution in [0.25, 0.3) is 0 Å². The number of hydrogen-bond donors (Lipinski definition) is 1. The molecule has 1 unspecified atom stereocenters. The van der Waals surface area contributed by atoms with Crippen molar-refractivity contribution in [3.05, 3.63) is 35.4 Å². The Balaban J connectivity index is 2.08. The van der Waals surface area contributed by atoms with Crippen molar-refractivity contribution in [1.82, 2.24) is 5.32 Å². The van der Waals surface area contributed by atoms with E-state index in [2.05, 4.69) is 36.5 Å². The van der Waals surface area contributed by atoms with Crippen molar-refractivity contribution < 1.29 is 4.74 Å². The Labute approximate surface area is 104 Å². The molecule has 2 nitrogen and oxygen atoms in total. The van der Waals surface area contributed by atoms with Crippen LogP contribution in [0.4, 0.5) is 0 Å². The smallest absolute Gasteiger partial charge is 0.0647 e. The molecule has 0 aliphatic carbocycles. The highest BCUT2D eigenvalue weighted by Crippen LogP contribution is 2.24. The van der Waals surface area contributed by atoms with Crippen LogP contribution in [0.5, 0.6) is 0 Å². The molecule has 17 heavy (non-hydrogen) atoms. The Bertz CT molecular complexity index is 333. The van der Waals surface area contributed by atoms with Crippen LogP contribution < -0.4 is 5.32 Å². The summed E-state index contributed by atoms with van der Waals surface area (Å²) in [6, 6.07) is 8.86. The number of ether oxygens (including phenoxy) is 1. The normalized spacial score (nSPS) is 24.8. The van der Waals surface area contributed by atoms with Gasteiger partial charge in [-0.2, -0.15) is 0 Å². The highest BCUT2D eigenvalue weighted by molar-refractivity contribution is 5.23. The van der Waals surface area contributed by atoms with Gasteiger partial charge in [0.05, 0.1) is 6.61 Å². The van der Waals surface area contributed by atoms with Crippen LogP contribution in [0.1, 0.15) is 30.4 Å². The molecule has 2 rings (SSSR count). The first-order chi connectivity index (χ1) is 8.24. The summed E-state index contributed by atoms with van der Waals surface area (Å²) in [5.41, 5.74) is 2.88. The van der Waals surface area contributed by atoms with E-state index in [1.165, 1.54) is 30.4 Å². The van der Waals surface area contributed by atoms with Crippen LogP contribution in [-0.4, -0.2) is 25.8 Å². The Morgan fingerprint density at radius 1 is 1.24 bits per heavy atom. The van der Waals surface area contributed by atoms with Crippen molar-refractivity contribution in [3.63, 3.8) is 0 Å². The Kier molecular flexibility index (Phi) is 4.19. The summed E-state index contributed by atoms with van der Waals surface area (Å²) in [7, 11) is 1.80. The Morgan fingerprint density at radius 3 is 2.59 bits per heavy atom. The lowest BCUT2D eigenvalue weighted by Crippen LogP contribution is -2.53.